The number of hydrogen-bond acceptors (Lipinski definition) is 4. The topological polar surface area (TPSA) is 59.2 Å². The highest BCUT2D eigenvalue weighted by Crippen LogP contribution is 2.27. The second-order valence-electron chi connectivity index (χ2n) is 7.30. The summed E-state index contributed by atoms with van der Waals surface area (Å²) in [7, 11) is 3.21. The number of amides is 3. The molecule has 0 saturated carbocycles. The zero-order valence-corrected chi connectivity index (χ0v) is 15.6. The summed E-state index contributed by atoms with van der Waals surface area (Å²) in [5, 5.41) is 0. The van der Waals surface area contributed by atoms with Gasteiger partial charge in [-0.2, -0.15) is 0 Å². The maximum atomic E-state index is 12.8. The van der Waals surface area contributed by atoms with Crippen molar-refractivity contribution in [1.29, 1.82) is 0 Å². The van der Waals surface area contributed by atoms with Crippen LogP contribution < -0.4 is 4.90 Å². The minimum Gasteiger partial charge on any atom is -0.270 e. The number of rotatable bonds is 2. The van der Waals surface area contributed by atoms with E-state index < -0.39 is 6.04 Å². The van der Waals surface area contributed by atoms with Gasteiger partial charge in [-0.15, -0.1) is 0 Å². The van der Waals surface area contributed by atoms with E-state index in [4.69, 9.17) is 4.99 Å². The van der Waals surface area contributed by atoms with Gasteiger partial charge in [0.15, 0.2) is 0 Å². The summed E-state index contributed by atoms with van der Waals surface area (Å²) in [5.74, 6) is 1.45. The molecular formula is C19H24N5O2+. The van der Waals surface area contributed by atoms with Crippen molar-refractivity contribution in [1.82, 2.24) is 9.80 Å². The SMILES string of the molecule is CCc1ccc(N2CC(C)C[N+]3=C2N=C2C3C(=O)N(C)C(=O)N2C)cc1. The smallest absolute Gasteiger partial charge is 0.270 e. The van der Waals surface area contributed by atoms with Crippen LogP contribution in [-0.2, 0) is 11.2 Å². The molecule has 2 unspecified atom stereocenters. The lowest BCUT2D eigenvalue weighted by Crippen LogP contribution is -2.62. The van der Waals surface area contributed by atoms with Gasteiger partial charge in [0, 0.05) is 20.0 Å². The first-order chi connectivity index (χ1) is 12.4. The number of carbonyl (C=O) groups is 2. The summed E-state index contributed by atoms with van der Waals surface area (Å²) in [6, 6.07) is 7.61. The van der Waals surface area contributed by atoms with Crippen LogP contribution in [0.1, 0.15) is 19.4 Å². The Hall–Kier alpha value is -2.70. The molecule has 1 fully saturated rings. The number of amidine groups is 1. The van der Waals surface area contributed by atoms with Crippen LogP contribution in [0.5, 0.6) is 0 Å². The third-order valence-corrected chi connectivity index (χ3v) is 5.41. The Kier molecular flexibility index (Phi) is 3.82. The van der Waals surface area contributed by atoms with Crippen LogP contribution in [0.3, 0.4) is 0 Å². The second-order valence-corrected chi connectivity index (χ2v) is 7.30. The number of urea groups is 1. The van der Waals surface area contributed by atoms with Crippen LogP contribution >= 0.6 is 0 Å². The van der Waals surface area contributed by atoms with Crippen molar-refractivity contribution in [3.05, 3.63) is 29.8 Å². The average molecular weight is 354 g/mol. The number of likely N-dealkylation sites (N-methyl/N-ethyl adjacent to an activating group) is 2. The van der Waals surface area contributed by atoms with Crippen molar-refractivity contribution < 1.29 is 14.2 Å². The number of benzene rings is 1. The molecule has 0 aliphatic carbocycles. The molecule has 2 atom stereocenters. The number of hydrogen-bond donors (Lipinski definition) is 0. The van der Waals surface area contributed by atoms with Gasteiger partial charge < -0.3 is 0 Å². The number of aliphatic imine (C=N–C) groups is 1. The average Bonchev–Trinajstić information content (AvgIpc) is 3.03. The molecule has 0 radical (unpaired) electrons. The summed E-state index contributed by atoms with van der Waals surface area (Å²) in [4.78, 5) is 34.6. The lowest BCUT2D eigenvalue weighted by atomic mass is 10.1. The molecule has 1 aromatic carbocycles. The maximum absolute atomic E-state index is 12.8. The molecule has 0 aromatic heterocycles. The van der Waals surface area contributed by atoms with Crippen LogP contribution in [0.25, 0.3) is 0 Å². The highest BCUT2D eigenvalue weighted by Gasteiger charge is 2.54. The molecule has 1 saturated heterocycles. The number of nitrogens with zero attached hydrogens (tertiary/aromatic N) is 5. The van der Waals surface area contributed by atoms with Gasteiger partial charge in [0.2, 0.25) is 11.9 Å². The van der Waals surface area contributed by atoms with Crippen molar-refractivity contribution in [2.24, 2.45) is 10.9 Å². The zero-order chi connectivity index (χ0) is 18.6. The van der Waals surface area contributed by atoms with E-state index in [1.807, 2.05) is 4.58 Å². The molecule has 4 rings (SSSR count). The van der Waals surface area contributed by atoms with Crippen molar-refractivity contribution in [3.63, 3.8) is 0 Å². The van der Waals surface area contributed by atoms with Gasteiger partial charge in [-0.05, 0) is 24.1 Å². The Morgan fingerprint density at radius 1 is 1.15 bits per heavy atom. The summed E-state index contributed by atoms with van der Waals surface area (Å²) in [5.41, 5.74) is 2.35. The molecule has 7 nitrogen and oxygen atoms in total. The Bertz CT molecular complexity index is 842. The lowest BCUT2D eigenvalue weighted by Gasteiger charge is -2.33. The van der Waals surface area contributed by atoms with Gasteiger partial charge in [-0.3, -0.25) is 14.6 Å². The number of anilines is 1. The molecule has 3 heterocycles. The van der Waals surface area contributed by atoms with E-state index >= 15 is 0 Å². The van der Waals surface area contributed by atoms with Crippen LogP contribution in [0.2, 0.25) is 0 Å². The number of carbonyl (C=O) groups excluding carboxylic acids is 2. The standard InChI is InChI=1S/C19H24N5O2/c1-5-13-6-8-14(9-7-13)23-10-12(2)11-24-15-16(20-18(23)24)21(3)19(26)22(4)17(15)25/h6-9,12,15H,5,10-11H2,1-4H3/q+1. The third-order valence-electron chi connectivity index (χ3n) is 5.41. The number of guanidine groups is 1. The largest absolute Gasteiger partial charge is 0.397 e. The minimum absolute atomic E-state index is 0.211. The molecule has 0 spiro atoms. The first-order valence-corrected chi connectivity index (χ1v) is 9.06. The Labute approximate surface area is 153 Å². The summed E-state index contributed by atoms with van der Waals surface area (Å²) >= 11 is 0. The van der Waals surface area contributed by atoms with Gasteiger partial charge in [-0.25, -0.2) is 14.3 Å². The number of fused-ring (bicyclic) bond motifs is 2. The molecule has 7 heteroatoms. The van der Waals surface area contributed by atoms with Crippen LogP contribution in [0.15, 0.2) is 29.3 Å². The molecular weight excluding hydrogens is 330 g/mol. The van der Waals surface area contributed by atoms with E-state index in [2.05, 4.69) is 43.0 Å². The van der Waals surface area contributed by atoms with E-state index in [1.54, 1.807) is 7.05 Å². The van der Waals surface area contributed by atoms with Crippen LogP contribution in [0, 0.1) is 5.92 Å². The monoisotopic (exact) mass is 354 g/mol. The van der Waals surface area contributed by atoms with Gasteiger partial charge in [-0.1, -0.05) is 31.0 Å². The molecule has 3 aliphatic heterocycles. The van der Waals surface area contributed by atoms with Crippen molar-refractivity contribution >= 4 is 29.4 Å². The number of aryl methyl sites for hydroxylation is 1. The third kappa shape index (κ3) is 2.34. The Balaban J connectivity index is 1.78. The van der Waals surface area contributed by atoms with Gasteiger partial charge in [0.05, 0.1) is 13.1 Å². The molecule has 136 valence electrons. The van der Waals surface area contributed by atoms with Gasteiger partial charge >= 0.3 is 12.0 Å². The zero-order valence-electron chi connectivity index (χ0n) is 15.6. The quantitative estimate of drug-likeness (QED) is 0.754. The summed E-state index contributed by atoms with van der Waals surface area (Å²) in [6.07, 6.45) is 0.998. The predicted molar refractivity (Wildman–Crippen MR) is 99.6 cm³/mol. The van der Waals surface area contributed by atoms with E-state index in [1.165, 1.54) is 22.4 Å². The lowest BCUT2D eigenvalue weighted by molar-refractivity contribution is -0.545. The van der Waals surface area contributed by atoms with Crippen molar-refractivity contribution in [2.75, 3.05) is 32.1 Å². The second kappa shape index (κ2) is 5.93. The van der Waals surface area contributed by atoms with Gasteiger partial charge in [0.1, 0.15) is 5.69 Å². The molecule has 3 amide bonds. The van der Waals surface area contributed by atoms with E-state index in [-0.39, 0.29) is 11.9 Å². The number of imide groups is 1. The van der Waals surface area contributed by atoms with E-state index in [0.29, 0.717) is 11.8 Å². The highest BCUT2D eigenvalue weighted by molar-refractivity contribution is 6.23. The molecule has 1 aromatic rings. The minimum atomic E-state index is -0.516. The van der Waals surface area contributed by atoms with Crippen LogP contribution in [0.4, 0.5) is 10.5 Å². The Morgan fingerprint density at radius 2 is 1.85 bits per heavy atom. The molecule has 3 aliphatic rings. The van der Waals surface area contributed by atoms with Crippen molar-refractivity contribution in [2.45, 2.75) is 26.3 Å². The molecule has 0 N–H and O–H groups in total. The van der Waals surface area contributed by atoms with Crippen molar-refractivity contribution in [3.8, 4) is 0 Å². The summed E-state index contributed by atoms with van der Waals surface area (Å²) < 4.78 is 2.04. The summed E-state index contributed by atoms with van der Waals surface area (Å²) in [6.45, 7) is 5.89. The predicted octanol–water partition coefficient (Wildman–Crippen LogP) is 1.38. The maximum Gasteiger partial charge on any atom is 0.397 e. The highest BCUT2D eigenvalue weighted by atomic mass is 16.2. The molecule has 26 heavy (non-hydrogen) atoms. The normalized spacial score (nSPS) is 25.5. The first-order valence-electron chi connectivity index (χ1n) is 9.06. The fourth-order valence-electron chi connectivity index (χ4n) is 3.91. The van der Waals surface area contributed by atoms with E-state index in [9.17, 15) is 9.59 Å². The fraction of sp³-hybridized carbons (Fsp3) is 0.474. The van der Waals surface area contributed by atoms with Crippen LogP contribution in [-0.4, -0.2) is 71.3 Å². The fourth-order valence-corrected chi connectivity index (χ4v) is 3.91. The molecule has 0 bridgehead atoms. The Morgan fingerprint density at radius 3 is 2.50 bits per heavy atom. The first kappa shape index (κ1) is 16.8. The van der Waals surface area contributed by atoms with E-state index in [0.717, 1.165) is 31.2 Å². The van der Waals surface area contributed by atoms with Gasteiger partial charge in [0.25, 0.3) is 5.91 Å².